The maximum absolute atomic E-state index is 10.7. The molecule has 3 heteroatoms. The summed E-state index contributed by atoms with van der Waals surface area (Å²) in [5.74, 6) is 1.46. The van der Waals surface area contributed by atoms with Crippen molar-refractivity contribution in [2.45, 2.75) is 19.6 Å². The van der Waals surface area contributed by atoms with Gasteiger partial charge in [-0.3, -0.25) is 0 Å². The van der Waals surface area contributed by atoms with Crippen molar-refractivity contribution in [1.82, 2.24) is 0 Å². The van der Waals surface area contributed by atoms with E-state index in [1.54, 1.807) is 7.11 Å². The highest BCUT2D eigenvalue weighted by Crippen LogP contribution is 2.31. The fraction of sp³-hybridized carbons (Fsp3) is 0.182. The minimum Gasteiger partial charge on any atom is -0.496 e. The zero-order valence-electron chi connectivity index (χ0n) is 14.5. The molecular formula is C22H22O3. The molecule has 0 spiro atoms. The second-order valence-corrected chi connectivity index (χ2v) is 5.99. The van der Waals surface area contributed by atoms with Crippen molar-refractivity contribution in [3.05, 3.63) is 95.1 Å². The van der Waals surface area contributed by atoms with Gasteiger partial charge >= 0.3 is 0 Å². The molecule has 1 unspecified atom stereocenters. The van der Waals surface area contributed by atoms with E-state index in [-0.39, 0.29) is 0 Å². The summed E-state index contributed by atoms with van der Waals surface area (Å²) in [7, 11) is 1.61. The van der Waals surface area contributed by atoms with Gasteiger partial charge in [-0.25, -0.2) is 0 Å². The average molecular weight is 334 g/mol. The van der Waals surface area contributed by atoms with Gasteiger partial charge in [0.2, 0.25) is 0 Å². The largest absolute Gasteiger partial charge is 0.496 e. The summed E-state index contributed by atoms with van der Waals surface area (Å²) < 4.78 is 11.2. The molecule has 128 valence electrons. The first-order chi connectivity index (χ1) is 12.2. The molecular weight excluding hydrogens is 312 g/mol. The molecule has 1 atom stereocenters. The molecule has 0 radical (unpaired) electrons. The third kappa shape index (κ3) is 4.20. The van der Waals surface area contributed by atoms with Gasteiger partial charge in [-0.1, -0.05) is 54.1 Å². The lowest BCUT2D eigenvalue weighted by atomic mass is 9.99. The molecule has 3 aromatic rings. The fourth-order valence-electron chi connectivity index (χ4n) is 2.73. The molecule has 0 saturated carbocycles. The number of hydrogen-bond donors (Lipinski definition) is 1. The molecule has 0 amide bonds. The number of benzene rings is 3. The Labute approximate surface area is 148 Å². The highest BCUT2D eigenvalue weighted by molar-refractivity contribution is 5.43. The Balaban J connectivity index is 1.72. The lowest BCUT2D eigenvalue weighted by Crippen LogP contribution is -2.03. The Morgan fingerprint density at radius 2 is 1.64 bits per heavy atom. The molecule has 25 heavy (non-hydrogen) atoms. The lowest BCUT2D eigenvalue weighted by Gasteiger charge is -2.16. The van der Waals surface area contributed by atoms with Crippen LogP contribution in [0.15, 0.2) is 72.8 Å². The molecule has 0 aliphatic heterocycles. The lowest BCUT2D eigenvalue weighted by molar-refractivity contribution is 0.214. The summed E-state index contributed by atoms with van der Waals surface area (Å²) in [6, 6.07) is 23.3. The van der Waals surface area contributed by atoms with Crippen LogP contribution in [-0.4, -0.2) is 12.2 Å². The van der Waals surface area contributed by atoms with Crippen LogP contribution >= 0.6 is 0 Å². The smallest absolute Gasteiger partial charge is 0.125 e. The van der Waals surface area contributed by atoms with Gasteiger partial charge in [0.1, 0.15) is 24.2 Å². The number of aliphatic hydroxyl groups is 1. The van der Waals surface area contributed by atoms with Crippen molar-refractivity contribution in [3.8, 4) is 11.5 Å². The molecule has 0 bridgehead atoms. The zero-order chi connectivity index (χ0) is 17.6. The first-order valence-corrected chi connectivity index (χ1v) is 8.26. The Bertz CT molecular complexity index is 810. The van der Waals surface area contributed by atoms with Gasteiger partial charge in [-0.2, -0.15) is 0 Å². The third-order valence-electron chi connectivity index (χ3n) is 4.12. The minimum absolute atomic E-state index is 0.522. The van der Waals surface area contributed by atoms with Gasteiger partial charge in [0.15, 0.2) is 0 Å². The molecule has 0 fully saturated rings. The van der Waals surface area contributed by atoms with Crippen LogP contribution in [0.4, 0.5) is 0 Å². The summed E-state index contributed by atoms with van der Waals surface area (Å²) in [6.45, 7) is 2.52. The van der Waals surface area contributed by atoms with Crippen molar-refractivity contribution in [2.75, 3.05) is 7.11 Å². The second kappa shape index (κ2) is 7.86. The van der Waals surface area contributed by atoms with Gasteiger partial charge in [0.05, 0.1) is 7.11 Å². The van der Waals surface area contributed by atoms with Gasteiger partial charge < -0.3 is 14.6 Å². The van der Waals surface area contributed by atoms with Crippen molar-refractivity contribution in [1.29, 1.82) is 0 Å². The number of ether oxygens (including phenoxy) is 2. The average Bonchev–Trinajstić information content (AvgIpc) is 2.67. The van der Waals surface area contributed by atoms with E-state index >= 15 is 0 Å². The van der Waals surface area contributed by atoms with Gasteiger partial charge in [-0.05, 0) is 42.3 Å². The second-order valence-electron chi connectivity index (χ2n) is 5.99. The van der Waals surface area contributed by atoms with Crippen LogP contribution in [0.5, 0.6) is 11.5 Å². The van der Waals surface area contributed by atoms with Crippen LogP contribution in [0.1, 0.15) is 28.4 Å². The zero-order valence-corrected chi connectivity index (χ0v) is 14.5. The Morgan fingerprint density at radius 3 is 2.32 bits per heavy atom. The fourth-order valence-corrected chi connectivity index (χ4v) is 2.73. The number of hydrogen-bond acceptors (Lipinski definition) is 3. The van der Waals surface area contributed by atoms with E-state index in [4.69, 9.17) is 9.47 Å². The molecule has 3 nitrogen and oxygen atoms in total. The first kappa shape index (κ1) is 17.1. The number of aliphatic hydroxyl groups excluding tert-OH is 1. The normalized spacial score (nSPS) is 11.8. The van der Waals surface area contributed by atoms with Gasteiger partial charge in [-0.15, -0.1) is 0 Å². The highest BCUT2D eigenvalue weighted by atomic mass is 16.5. The molecule has 0 aliphatic carbocycles. The molecule has 0 aliphatic rings. The minimum atomic E-state index is -0.738. The Hall–Kier alpha value is -2.78. The van der Waals surface area contributed by atoms with E-state index < -0.39 is 6.10 Å². The van der Waals surface area contributed by atoms with E-state index in [9.17, 15) is 5.11 Å². The predicted octanol–water partition coefficient (Wildman–Crippen LogP) is 4.66. The van der Waals surface area contributed by atoms with Gasteiger partial charge in [0, 0.05) is 5.56 Å². The SMILES string of the molecule is COc1ccc(C)cc1C(O)c1ccc(OCc2ccccc2)cc1. The molecule has 0 aromatic heterocycles. The molecule has 3 aromatic carbocycles. The third-order valence-corrected chi connectivity index (χ3v) is 4.12. The van der Waals surface area contributed by atoms with E-state index in [1.807, 2.05) is 79.7 Å². The number of aryl methyl sites for hydroxylation is 1. The summed E-state index contributed by atoms with van der Waals surface area (Å²) in [4.78, 5) is 0. The standard InChI is InChI=1S/C22H22O3/c1-16-8-13-21(24-2)20(14-16)22(23)18-9-11-19(12-10-18)25-15-17-6-4-3-5-7-17/h3-14,22-23H,15H2,1-2H3. The highest BCUT2D eigenvalue weighted by Gasteiger charge is 2.15. The topological polar surface area (TPSA) is 38.7 Å². The molecule has 0 heterocycles. The van der Waals surface area contributed by atoms with Crippen molar-refractivity contribution < 1.29 is 14.6 Å². The quantitative estimate of drug-likeness (QED) is 0.712. The van der Waals surface area contributed by atoms with E-state index in [1.165, 1.54) is 0 Å². The maximum atomic E-state index is 10.7. The molecule has 3 rings (SSSR count). The number of rotatable bonds is 6. The van der Waals surface area contributed by atoms with Crippen molar-refractivity contribution in [2.24, 2.45) is 0 Å². The van der Waals surface area contributed by atoms with Crippen molar-refractivity contribution >= 4 is 0 Å². The van der Waals surface area contributed by atoms with Crippen LogP contribution in [0.2, 0.25) is 0 Å². The Kier molecular flexibility index (Phi) is 5.36. The monoisotopic (exact) mass is 334 g/mol. The molecule has 0 saturated heterocycles. The van der Waals surface area contributed by atoms with Crippen LogP contribution in [-0.2, 0) is 6.61 Å². The van der Waals surface area contributed by atoms with E-state index in [2.05, 4.69) is 0 Å². The van der Waals surface area contributed by atoms with Crippen molar-refractivity contribution in [3.63, 3.8) is 0 Å². The summed E-state index contributed by atoms with van der Waals surface area (Å²) in [5.41, 5.74) is 3.77. The van der Waals surface area contributed by atoms with E-state index in [0.717, 1.165) is 28.0 Å². The van der Waals surface area contributed by atoms with Crippen LogP contribution < -0.4 is 9.47 Å². The summed E-state index contributed by atoms with van der Waals surface area (Å²) >= 11 is 0. The predicted molar refractivity (Wildman–Crippen MR) is 99.0 cm³/mol. The summed E-state index contributed by atoms with van der Waals surface area (Å²) in [6.07, 6.45) is -0.738. The van der Waals surface area contributed by atoms with Crippen LogP contribution in [0.3, 0.4) is 0 Å². The molecule has 1 N–H and O–H groups in total. The van der Waals surface area contributed by atoms with Crippen LogP contribution in [0.25, 0.3) is 0 Å². The first-order valence-electron chi connectivity index (χ1n) is 8.26. The Morgan fingerprint density at radius 1 is 0.920 bits per heavy atom. The number of methoxy groups -OCH3 is 1. The summed E-state index contributed by atoms with van der Waals surface area (Å²) in [5, 5.41) is 10.7. The maximum Gasteiger partial charge on any atom is 0.125 e. The van der Waals surface area contributed by atoms with Crippen LogP contribution in [0, 0.1) is 6.92 Å². The van der Waals surface area contributed by atoms with E-state index in [0.29, 0.717) is 12.4 Å². The van der Waals surface area contributed by atoms with Gasteiger partial charge in [0.25, 0.3) is 0 Å².